The largest absolute Gasteiger partial charge is 0.508 e. The van der Waals surface area contributed by atoms with Gasteiger partial charge in [-0.15, -0.1) is 0 Å². The summed E-state index contributed by atoms with van der Waals surface area (Å²) in [7, 11) is 0. The summed E-state index contributed by atoms with van der Waals surface area (Å²) >= 11 is 0. The lowest BCUT2D eigenvalue weighted by Gasteiger charge is -2.27. The van der Waals surface area contributed by atoms with Crippen LogP contribution >= 0.6 is 0 Å². The normalized spacial score (nSPS) is 14.1. The number of carboxylic acids is 1. The maximum Gasteiger partial charge on any atom is 0.328 e. The third kappa shape index (κ3) is 11.1. The topological polar surface area (TPSA) is 255 Å². The van der Waals surface area contributed by atoms with Crippen molar-refractivity contribution in [2.24, 2.45) is 28.1 Å². The summed E-state index contributed by atoms with van der Waals surface area (Å²) < 4.78 is 0. The summed E-state index contributed by atoms with van der Waals surface area (Å²) in [4.78, 5) is 53.6. The molecule has 0 radical (unpaired) electrons. The summed E-state index contributed by atoms with van der Waals surface area (Å²) in [5, 5.41) is 35.2. The number of hydrogen-bond acceptors (Lipinski definition) is 8. The van der Waals surface area contributed by atoms with E-state index in [0.717, 1.165) is 0 Å². The minimum atomic E-state index is -1.58. The van der Waals surface area contributed by atoms with Crippen molar-refractivity contribution in [3.8, 4) is 5.75 Å². The van der Waals surface area contributed by atoms with Gasteiger partial charge in [-0.1, -0.05) is 26.0 Å². The van der Waals surface area contributed by atoms with Gasteiger partial charge in [0.15, 0.2) is 5.96 Å². The second kappa shape index (κ2) is 15.3. The van der Waals surface area contributed by atoms with E-state index in [9.17, 15) is 29.4 Å². The molecule has 3 amide bonds. The monoisotopic (exact) mass is 523 g/mol. The maximum atomic E-state index is 13.1. The zero-order valence-electron chi connectivity index (χ0n) is 20.9. The Bertz CT molecular complexity index is 949. The Morgan fingerprint density at radius 2 is 1.54 bits per heavy atom. The van der Waals surface area contributed by atoms with E-state index in [1.165, 1.54) is 24.3 Å². The first-order valence-corrected chi connectivity index (χ1v) is 11.7. The number of hydrogen-bond donors (Lipinski definition) is 9. The van der Waals surface area contributed by atoms with Crippen LogP contribution in [0.2, 0.25) is 0 Å². The van der Waals surface area contributed by atoms with Gasteiger partial charge < -0.3 is 48.5 Å². The second-order valence-electron chi connectivity index (χ2n) is 8.80. The molecule has 0 aliphatic heterocycles. The van der Waals surface area contributed by atoms with E-state index >= 15 is 0 Å². The molecule has 0 spiro atoms. The highest BCUT2D eigenvalue weighted by Gasteiger charge is 2.31. The van der Waals surface area contributed by atoms with Gasteiger partial charge in [-0.25, -0.2) is 4.79 Å². The predicted molar refractivity (Wildman–Crippen MR) is 135 cm³/mol. The number of aliphatic imine (C=N–C) groups is 1. The molecule has 12 N–H and O–H groups in total. The molecule has 4 atom stereocenters. The lowest BCUT2D eigenvalue weighted by molar-refractivity contribution is -0.143. The van der Waals surface area contributed by atoms with Crippen LogP contribution in [0.5, 0.6) is 5.75 Å². The number of phenols is 1. The first-order chi connectivity index (χ1) is 17.3. The van der Waals surface area contributed by atoms with Crippen LogP contribution in [0.15, 0.2) is 29.3 Å². The van der Waals surface area contributed by atoms with Gasteiger partial charge in [-0.05, 0) is 36.5 Å². The van der Waals surface area contributed by atoms with Crippen molar-refractivity contribution in [2.45, 2.75) is 57.3 Å². The number of aliphatic hydroxyl groups is 1. The number of amides is 3. The molecule has 1 aromatic rings. The minimum Gasteiger partial charge on any atom is -0.508 e. The average molecular weight is 524 g/mol. The fourth-order valence-corrected chi connectivity index (χ4v) is 3.24. The Kier molecular flexibility index (Phi) is 12.8. The fraction of sp³-hybridized carbons (Fsp3) is 0.522. The van der Waals surface area contributed by atoms with Gasteiger partial charge in [0.1, 0.15) is 23.9 Å². The van der Waals surface area contributed by atoms with Crippen LogP contribution in [-0.4, -0.2) is 82.3 Å². The molecular weight excluding hydrogens is 486 g/mol. The van der Waals surface area contributed by atoms with Gasteiger partial charge in [0, 0.05) is 13.0 Å². The molecule has 206 valence electrons. The van der Waals surface area contributed by atoms with E-state index in [-0.39, 0.29) is 37.0 Å². The van der Waals surface area contributed by atoms with Crippen LogP contribution in [0.3, 0.4) is 0 Å². The average Bonchev–Trinajstić information content (AvgIpc) is 2.83. The number of nitrogens with zero attached hydrogens (tertiary/aromatic N) is 1. The number of phenolic OH excluding ortho intramolecular Hbond substituents is 1. The number of carbonyl (C=O) groups excluding carboxylic acids is 3. The van der Waals surface area contributed by atoms with E-state index in [1.807, 2.05) is 0 Å². The van der Waals surface area contributed by atoms with Gasteiger partial charge in [0.05, 0.1) is 12.6 Å². The maximum absolute atomic E-state index is 13.1. The summed E-state index contributed by atoms with van der Waals surface area (Å²) in [5.41, 5.74) is 17.0. The standard InChI is InChI=1S/C23H37N7O7/c1-12(2)18(30-19(33)15(24)4-3-9-27-23(25)26)21(35)28-16(10-13-5-7-14(32)8-6-13)20(34)29-17(11-31)22(36)37/h5-8,12,15-18,31-32H,3-4,9-11,24H2,1-2H3,(H,28,35)(H,29,34)(H,30,33)(H,36,37)(H4,25,26,27). The molecule has 37 heavy (non-hydrogen) atoms. The van der Waals surface area contributed by atoms with Crippen LogP contribution in [-0.2, 0) is 25.6 Å². The number of rotatable bonds is 15. The van der Waals surface area contributed by atoms with Crippen LogP contribution < -0.4 is 33.2 Å². The summed E-state index contributed by atoms with van der Waals surface area (Å²) in [6, 6.07) is 1.04. The quantitative estimate of drug-likeness (QED) is 0.0663. The summed E-state index contributed by atoms with van der Waals surface area (Å²) in [6.07, 6.45) is 0.646. The fourth-order valence-electron chi connectivity index (χ4n) is 3.24. The summed E-state index contributed by atoms with van der Waals surface area (Å²) in [6.45, 7) is 2.81. The molecule has 0 saturated heterocycles. The Morgan fingerprint density at radius 1 is 0.946 bits per heavy atom. The number of nitrogens with two attached hydrogens (primary N) is 3. The number of aliphatic carboxylic acids is 1. The predicted octanol–water partition coefficient (Wildman–Crippen LogP) is -2.50. The molecular formula is C23H37N7O7. The molecule has 0 bridgehead atoms. The molecule has 0 fully saturated rings. The first-order valence-electron chi connectivity index (χ1n) is 11.7. The van der Waals surface area contributed by atoms with Crippen molar-refractivity contribution in [3.05, 3.63) is 29.8 Å². The van der Waals surface area contributed by atoms with E-state index in [1.54, 1.807) is 13.8 Å². The highest BCUT2D eigenvalue weighted by Crippen LogP contribution is 2.12. The number of aromatic hydroxyl groups is 1. The molecule has 1 aromatic carbocycles. The smallest absolute Gasteiger partial charge is 0.328 e. The minimum absolute atomic E-state index is 0.00256. The van der Waals surface area contributed by atoms with Crippen molar-refractivity contribution >= 4 is 29.7 Å². The SMILES string of the molecule is CC(C)C(NC(=O)C(N)CCCN=C(N)N)C(=O)NC(Cc1ccc(O)cc1)C(=O)NC(CO)C(=O)O. The lowest BCUT2D eigenvalue weighted by atomic mass is 10.00. The second-order valence-corrected chi connectivity index (χ2v) is 8.80. The van der Waals surface area contributed by atoms with Gasteiger partial charge in [0.25, 0.3) is 0 Å². The van der Waals surface area contributed by atoms with Gasteiger partial charge in [0.2, 0.25) is 17.7 Å². The van der Waals surface area contributed by atoms with E-state index < -0.39 is 54.5 Å². The molecule has 0 heterocycles. The van der Waals surface area contributed by atoms with Crippen LogP contribution in [0, 0.1) is 5.92 Å². The Labute approximate surface area is 214 Å². The van der Waals surface area contributed by atoms with Gasteiger partial charge in [-0.3, -0.25) is 19.4 Å². The third-order valence-electron chi connectivity index (χ3n) is 5.36. The number of guanidine groups is 1. The van der Waals surface area contributed by atoms with Crippen molar-refractivity contribution in [1.82, 2.24) is 16.0 Å². The highest BCUT2D eigenvalue weighted by atomic mass is 16.4. The van der Waals surface area contributed by atoms with Gasteiger partial charge in [-0.2, -0.15) is 0 Å². The summed E-state index contributed by atoms with van der Waals surface area (Å²) in [5.74, 6) is -4.04. The van der Waals surface area contributed by atoms with Crippen LogP contribution in [0.4, 0.5) is 0 Å². The zero-order chi connectivity index (χ0) is 28.1. The van der Waals surface area contributed by atoms with Crippen molar-refractivity contribution in [2.75, 3.05) is 13.2 Å². The first kappa shape index (κ1) is 31.1. The Hall–Kier alpha value is -3.91. The van der Waals surface area contributed by atoms with E-state index in [4.69, 9.17) is 22.3 Å². The third-order valence-corrected chi connectivity index (χ3v) is 5.36. The van der Waals surface area contributed by atoms with Crippen molar-refractivity contribution in [1.29, 1.82) is 0 Å². The molecule has 1 rings (SSSR count). The number of benzene rings is 1. The molecule has 4 unspecified atom stereocenters. The molecule has 14 nitrogen and oxygen atoms in total. The highest BCUT2D eigenvalue weighted by molar-refractivity contribution is 5.94. The van der Waals surface area contributed by atoms with Crippen LogP contribution in [0.25, 0.3) is 0 Å². The Balaban J connectivity index is 2.99. The van der Waals surface area contributed by atoms with Gasteiger partial charge >= 0.3 is 5.97 Å². The molecule has 0 aromatic heterocycles. The molecule has 14 heteroatoms. The van der Waals surface area contributed by atoms with E-state index in [2.05, 4.69) is 20.9 Å². The number of carboxylic acid groups (broad SMARTS) is 1. The number of aliphatic hydroxyl groups excluding tert-OH is 1. The van der Waals surface area contributed by atoms with Crippen LogP contribution in [0.1, 0.15) is 32.3 Å². The zero-order valence-corrected chi connectivity index (χ0v) is 20.9. The van der Waals surface area contributed by atoms with Crippen molar-refractivity contribution in [3.63, 3.8) is 0 Å². The molecule has 0 saturated carbocycles. The number of carbonyl (C=O) groups is 4. The molecule has 0 aliphatic rings. The van der Waals surface area contributed by atoms with E-state index in [0.29, 0.717) is 12.0 Å². The van der Waals surface area contributed by atoms with Crippen molar-refractivity contribution < 1.29 is 34.5 Å². The Morgan fingerprint density at radius 3 is 2.05 bits per heavy atom. The number of nitrogens with one attached hydrogen (secondary N) is 3. The lowest BCUT2D eigenvalue weighted by Crippen LogP contribution is -2.59. The molecule has 0 aliphatic carbocycles.